The highest BCUT2D eigenvalue weighted by Gasteiger charge is 2.22. The molecule has 0 bridgehead atoms. The number of amides is 1. The average molecular weight is 532 g/mol. The van der Waals surface area contributed by atoms with Gasteiger partial charge in [0.2, 0.25) is 0 Å². The third-order valence-corrected chi connectivity index (χ3v) is 6.53. The Balaban J connectivity index is 1.48. The van der Waals surface area contributed by atoms with E-state index in [4.69, 9.17) is 11.6 Å². The molecule has 0 saturated carbocycles. The van der Waals surface area contributed by atoms with E-state index in [1.54, 1.807) is 49.6 Å². The van der Waals surface area contributed by atoms with Crippen LogP contribution in [0.1, 0.15) is 33.2 Å². The maximum atomic E-state index is 14.6. The molecule has 1 amide bonds. The molecule has 2 heterocycles. The molecule has 38 heavy (non-hydrogen) atoms. The molecule has 0 aliphatic heterocycles. The topological polar surface area (TPSA) is 101 Å². The molecule has 7 nitrogen and oxygen atoms in total. The highest BCUT2D eigenvalue weighted by atomic mass is 35.5. The minimum absolute atomic E-state index is 0.0729. The van der Waals surface area contributed by atoms with E-state index in [-0.39, 0.29) is 33.9 Å². The van der Waals surface area contributed by atoms with Crippen LogP contribution in [0, 0.1) is 18.6 Å². The fourth-order valence-electron chi connectivity index (χ4n) is 4.28. The van der Waals surface area contributed by atoms with Crippen molar-refractivity contribution in [1.29, 1.82) is 0 Å². The van der Waals surface area contributed by atoms with Gasteiger partial charge in [-0.2, -0.15) is 10.2 Å². The van der Waals surface area contributed by atoms with Gasteiger partial charge in [0, 0.05) is 12.1 Å². The summed E-state index contributed by atoms with van der Waals surface area (Å²) in [6.07, 6.45) is 3.13. The van der Waals surface area contributed by atoms with Gasteiger partial charge < -0.3 is 10.3 Å². The summed E-state index contributed by atoms with van der Waals surface area (Å²) in [4.78, 5) is 33.0. The smallest absolute Gasteiger partial charge is 0.259 e. The fraction of sp³-hybridized carbons (Fsp3) is 0.107. The fourth-order valence-corrected chi connectivity index (χ4v) is 4.55. The third kappa shape index (κ3) is 5.01. The maximum Gasteiger partial charge on any atom is 0.259 e. The molecule has 5 aromatic rings. The molecule has 1 atom stereocenters. The molecular weight excluding hydrogens is 512 g/mol. The zero-order chi connectivity index (χ0) is 26.8. The number of nitrogens with zero attached hydrogens (tertiary/aromatic N) is 3. The summed E-state index contributed by atoms with van der Waals surface area (Å²) >= 11 is 6.41. The van der Waals surface area contributed by atoms with Crippen LogP contribution in [-0.4, -0.2) is 32.6 Å². The number of nitrogens with one attached hydrogen (secondary N) is 2. The quantitative estimate of drug-likeness (QED) is 0.314. The second-order valence-electron chi connectivity index (χ2n) is 8.68. The predicted molar refractivity (Wildman–Crippen MR) is 140 cm³/mol. The molecule has 3 aromatic carbocycles. The molecule has 0 saturated heterocycles. The number of carbonyl (C=O) groups excluding carboxylic acids is 1. The number of hydrogen-bond acceptors (Lipinski definition) is 5. The van der Waals surface area contributed by atoms with E-state index >= 15 is 0 Å². The Hall–Kier alpha value is -4.50. The molecule has 0 aliphatic rings. The zero-order valence-electron chi connectivity index (χ0n) is 20.0. The van der Waals surface area contributed by atoms with Crippen LogP contribution < -0.4 is 10.9 Å². The number of aromatic amines is 1. The SMILES string of the molecule is Cc1ccc(F)c2nc(C(CNC(=O)c3ccc(-c4ccnnc4)cc3Cl)c3cccc(F)c3)[nH]c(=O)c12. The Morgan fingerprint density at radius 2 is 1.89 bits per heavy atom. The van der Waals surface area contributed by atoms with Gasteiger partial charge in [-0.3, -0.25) is 9.59 Å². The number of aromatic nitrogens is 4. The number of rotatable bonds is 6. The number of halogens is 3. The van der Waals surface area contributed by atoms with E-state index < -0.39 is 29.0 Å². The Labute approximate surface area is 220 Å². The molecule has 10 heteroatoms. The van der Waals surface area contributed by atoms with Crippen LogP contribution in [0.25, 0.3) is 22.0 Å². The molecule has 190 valence electrons. The first kappa shape index (κ1) is 25.2. The van der Waals surface area contributed by atoms with Gasteiger partial charge >= 0.3 is 0 Å². The van der Waals surface area contributed by atoms with Crippen LogP contribution in [0.4, 0.5) is 8.78 Å². The van der Waals surface area contributed by atoms with Crippen LogP contribution in [-0.2, 0) is 0 Å². The van der Waals surface area contributed by atoms with Gasteiger partial charge in [-0.1, -0.05) is 35.9 Å². The van der Waals surface area contributed by atoms with Crippen molar-refractivity contribution >= 4 is 28.4 Å². The average Bonchev–Trinajstić information content (AvgIpc) is 2.91. The minimum atomic E-state index is -0.785. The van der Waals surface area contributed by atoms with Crippen molar-refractivity contribution in [3.63, 3.8) is 0 Å². The van der Waals surface area contributed by atoms with E-state index in [9.17, 15) is 18.4 Å². The minimum Gasteiger partial charge on any atom is -0.351 e. The molecular formula is C28H20ClF2N5O2. The van der Waals surface area contributed by atoms with Crippen molar-refractivity contribution in [1.82, 2.24) is 25.5 Å². The normalized spacial score (nSPS) is 11.9. The summed E-state index contributed by atoms with van der Waals surface area (Å²) in [6, 6.07) is 15.2. The predicted octanol–water partition coefficient (Wildman–Crippen LogP) is 5.18. The van der Waals surface area contributed by atoms with Gasteiger partial charge in [-0.15, -0.1) is 0 Å². The monoisotopic (exact) mass is 531 g/mol. The first-order valence-corrected chi connectivity index (χ1v) is 12.0. The van der Waals surface area contributed by atoms with Crippen LogP contribution in [0.5, 0.6) is 0 Å². The maximum absolute atomic E-state index is 14.6. The Bertz CT molecular complexity index is 1730. The number of hydrogen-bond donors (Lipinski definition) is 2. The van der Waals surface area contributed by atoms with Crippen molar-refractivity contribution in [2.24, 2.45) is 0 Å². The number of fused-ring (bicyclic) bond motifs is 1. The van der Waals surface area contributed by atoms with Crippen LogP contribution >= 0.6 is 11.6 Å². The number of carbonyl (C=O) groups is 1. The van der Waals surface area contributed by atoms with E-state index in [2.05, 4.69) is 25.5 Å². The Morgan fingerprint density at radius 3 is 2.63 bits per heavy atom. The lowest BCUT2D eigenvalue weighted by atomic mass is 9.97. The van der Waals surface area contributed by atoms with Crippen LogP contribution in [0.15, 0.2) is 77.9 Å². The number of H-pyrrole nitrogens is 1. The molecule has 5 rings (SSSR count). The Kier molecular flexibility index (Phi) is 6.93. The summed E-state index contributed by atoms with van der Waals surface area (Å²) in [5, 5.41) is 10.7. The van der Waals surface area contributed by atoms with Gasteiger partial charge in [0.1, 0.15) is 23.0 Å². The molecule has 2 N–H and O–H groups in total. The summed E-state index contributed by atoms with van der Waals surface area (Å²) in [5.74, 6) is -2.34. The van der Waals surface area contributed by atoms with Gasteiger partial charge in [0.05, 0.1) is 34.3 Å². The molecule has 1 unspecified atom stereocenters. The van der Waals surface area contributed by atoms with Crippen LogP contribution in [0.2, 0.25) is 5.02 Å². The third-order valence-electron chi connectivity index (χ3n) is 6.22. The lowest BCUT2D eigenvalue weighted by Gasteiger charge is -2.19. The number of benzene rings is 3. The van der Waals surface area contributed by atoms with Crippen molar-refractivity contribution in [3.8, 4) is 11.1 Å². The van der Waals surface area contributed by atoms with Crippen molar-refractivity contribution in [2.75, 3.05) is 6.54 Å². The van der Waals surface area contributed by atoms with Crippen molar-refractivity contribution in [3.05, 3.63) is 123 Å². The second-order valence-corrected chi connectivity index (χ2v) is 9.09. The first-order valence-electron chi connectivity index (χ1n) is 11.6. The van der Waals surface area contributed by atoms with E-state index in [0.29, 0.717) is 11.1 Å². The van der Waals surface area contributed by atoms with Gasteiger partial charge in [0.15, 0.2) is 0 Å². The first-order chi connectivity index (χ1) is 18.3. The van der Waals surface area contributed by atoms with E-state index in [1.807, 2.05) is 0 Å². The summed E-state index contributed by atoms with van der Waals surface area (Å²) in [6.45, 7) is 1.61. The largest absolute Gasteiger partial charge is 0.351 e. The standard InChI is InChI=1S/C28H20ClF2N5O2/c1-15-5-8-23(31)25-24(15)28(38)36-26(35-25)21(17-3-2-4-19(30)11-17)14-32-27(37)20-7-6-16(12-22(20)29)18-9-10-33-34-13-18/h2-13,21H,14H2,1H3,(H,32,37)(H,35,36,38). The molecule has 0 fully saturated rings. The summed E-state index contributed by atoms with van der Waals surface area (Å²) in [5.41, 5.74) is 2.14. The van der Waals surface area contributed by atoms with Gasteiger partial charge in [-0.05, 0) is 60.0 Å². The molecule has 0 radical (unpaired) electrons. The van der Waals surface area contributed by atoms with Gasteiger partial charge in [0.25, 0.3) is 11.5 Å². The molecule has 0 aliphatic carbocycles. The second kappa shape index (κ2) is 10.5. The van der Waals surface area contributed by atoms with Crippen LogP contribution in [0.3, 0.4) is 0 Å². The van der Waals surface area contributed by atoms with E-state index in [1.165, 1.54) is 30.3 Å². The molecule has 2 aromatic heterocycles. The lowest BCUT2D eigenvalue weighted by molar-refractivity contribution is 0.0952. The van der Waals surface area contributed by atoms with Gasteiger partial charge in [-0.25, -0.2) is 13.8 Å². The number of aryl methyl sites for hydroxylation is 1. The van der Waals surface area contributed by atoms with E-state index in [0.717, 1.165) is 11.1 Å². The van der Waals surface area contributed by atoms with Crippen molar-refractivity contribution in [2.45, 2.75) is 12.8 Å². The van der Waals surface area contributed by atoms with Crippen molar-refractivity contribution < 1.29 is 13.6 Å². The Morgan fingerprint density at radius 1 is 1.05 bits per heavy atom. The molecule has 0 spiro atoms. The summed E-state index contributed by atoms with van der Waals surface area (Å²) < 4.78 is 28.7. The summed E-state index contributed by atoms with van der Waals surface area (Å²) in [7, 11) is 0. The highest BCUT2D eigenvalue weighted by molar-refractivity contribution is 6.34. The lowest BCUT2D eigenvalue weighted by Crippen LogP contribution is -2.31. The highest BCUT2D eigenvalue weighted by Crippen LogP contribution is 2.27. The zero-order valence-corrected chi connectivity index (χ0v) is 20.8.